The van der Waals surface area contributed by atoms with Crippen LogP contribution in [0.3, 0.4) is 0 Å². The minimum Gasteiger partial charge on any atom is -0.462 e. The van der Waals surface area contributed by atoms with Gasteiger partial charge < -0.3 is 29.3 Å². The summed E-state index contributed by atoms with van der Waals surface area (Å²) in [5.74, 6) is -1.07. The molecule has 0 aliphatic carbocycles. The molecule has 12 heteroatoms. The van der Waals surface area contributed by atoms with Gasteiger partial charge in [0.2, 0.25) is 0 Å². The first-order valence-corrected chi connectivity index (χ1v) is 23.5. The summed E-state index contributed by atoms with van der Waals surface area (Å²) in [5, 5.41) is 18.3. The first kappa shape index (κ1) is 54.6. The Morgan fingerprint density at radius 1 is 0.583 bits per heavy atom. The normalized spacial score (nSPS) is 18.2. The van der Waals surface area contributed by atoms with Gasteiger partial charge in [0.15, 0.2) is 6.10 Å². The van der Waals surface area contributed by atoms with Crippen molar-refractivity contribution in [2.75, 3.05) is 26.4 Å². The van der Waals surface area contributed by atoms with E-state index in [0.29, 0.717) is 25.0 Å². The van der Waals surface area contributed by atoms with Gasteiger partial charge in [-0.1, -0.05) is 136 Å². The van der Waals surface area contributed by atoms with Crippen molar-refractivity contribution >= 4 is 19.8 Å². The van der Waals surface area contributed by atoms with Crippen molar-refractivity contribution in [3.63, 3.8) is 0 Å². The van der Waals surface area contributed by atoms with Gasteiger partial charge in [0, 0.05) is 12.8 Å². The summed E-state index contributed by atoms with van der Waals surface area (Å²) in [6.45, 7) is 2.00. The summed E-state index contributed by atoms with van der Waals surface area (Å²) >= 11 is 0. The highest BCUT2D eigenvalue weighted by Gasteiger charge is 2.36. The largest absolute Gasteiger partial charge is 0.472 e. The molecule has 1 aliphatic heterocycles. The van der Waals surface area contributed by atoms with Gasteiger partial charge >= 0.3 is 19.8 Å². The molecular formula is C48H75O11P. The number of unbranched alkanes of at least 4 members (excludes halogenated alkanes) is 4. The Morgan fingerprint density at radius 3 is 1.62 bits per heavy atom. The average Bonchev–Trinajstić information content (AvgIpc) is 3.99. The summed E-state index contributed by atoms with van der Waals surface area (Å²) in [4.78, 5) is 35.0. The summed E-state index contributed by atoms with van der Waals surface area (Å²) in [6.07, 6.45) is 51.1. The number of phosphoric ester groups is 1. The zero-order valence-electron chi connectivity index (χ0n) is 36.3. The predicted molar refractivity (Wildman–Crippen MR) is 241 cm³/mol. The quantitative estimate of drug-likeness (QED) is 0.0178. The van der Waals surface area contributed by atoms with Crippen LogP contribution in [-0.4, -0.2) is 77.9 Å². The molecule has 0 radical (unpaired) electrons. The molecule has 1 fully saturated rings. The topological polar surface area (TPSA) is 161 Å². The van der Waals surface area contributed by atoms with Crippen molar-refractivity contribution < 1.29 is 52.5 Å². The Kier molecular flexibility index (Phi) is 35.0. The third-order valence-corrected chi connectivity index (χ3v) is 9.79. The van der Waals surface area contributed by atoms with Crippen molar-refractivity contribution in [3.05, 3.63) is 109 Å². The zero-order valence-corrected chi connectivity index (χ0v) is 37.2. The van der Waals surface area contributed by atoms with E-state index in [1.165, 1.54) is 0 Å². The maximum Gasteiger partial charge on any atom is 0.472 e. The molecule has 0 amide bonds. The Balaban J connectivity index is 2.32. The molecular weight excluding hydrogens is 783 g/mol. The molecule has 5 atom stereocenters. The molecule has 0 aromatic rings. The van der Waals surface area contributed by atoms with Crippen LogP contribution in [0, 0.1) is 0 Å². The number of allylic oxidation sites excluding steroid dienone is 16. The van der Waals surface area contributed by atoms with E-state index < -0.39 is 51.8 Å². The Morgan fingerprint density at radius 2 is 1.05 bits per heavy atom. The fourth-order valence-electron chi connectivity index (χ4n) is 5.40. The van der Waals surface area contributed by atoms with Crippen LogP contribution in [-0.2, 0) is 37.4 Å². The second-order valence-corrected chi connectivity index (χ2v) is 15.8. The molecule has 0 spiro atoms. The number of aliphatic hydroxyl groups excluding tert-OH is 2. The molecule has 0 aromatic carbocycles. The van der Waals surface area contributed by atoms with Gasteiger partial charge in [0.25, 0.3) is 0 Å². The van der Waals surface area contributed by atoms with E-state index in [9.17, 15) is 24.2 Å². The van der Waals surface area contributed by atoms with Crippen molar-refractivity contribution in [3.8, 4) is 0 Å². The zero-order chi connectivity index (χ0) is 43.8. The van der Waals surface area contributed by atoms with Crippen LogP contribution in [0.5, 0.6) is 0 Å². The lowest BCUT2D eigenvalue weighted by Gasteiger charge is -2.20. The van der Waals surface area contributed by atoms with Crippen LogP contribution in [0.1, 0.15) is 129 Å². The number of epoxide rings is 1. The van der Waals surface area contributed by atoms with Gasteiger partial charge in [-0.3, -0.25) is 18.6 Å². The van der Waals surface area contributed by atoms with Crippen molar-refractivity contribution in [1.29, 1.82) is 0 Å². The lowest BCUT2D eigenvalue weighted by molar-refractivity contribution is -0.161. The van der Waals surface area contributed by atoms with E-state index in [2.05, 4.69) is 116 Å². The summed E-state index contributed by atoms with van der Waals surface area (Å²) in [6, 6.07) is 0. The highest BCUT2D eigenvalue weighted by Crippen LogP contribution is 2.43. The first-order valence-electron chi connectivity index (χ1n) is 22.0. The standard InChI is InChI=1S/C48H75O11P/c1-3-5-7-8-9-10-11-12-13-14-15-16-21-24-27-30-34-38-48(52)58-44(42-57-60(53,54)56-40-43(50)39-49)41-55-47(51)37-33-29-26-23-20-18-17-19-22-25-28-32-36-46-45(59-46)35-31-6-4-2/h5-7,9-10,12-13,15-16,18-20,22,26,28-29,31-32,43-46,49-50H,3-4,8,11,14,17,21,23-25,27,30,33-42H2,1-2H3,(H,53,54)/b7-5-,10-9-,13-12-,16-15-,20-18-,22-19-,29-26-,31-6-,32-28-/t43-,44+,45?,46?/m0/s1. The number of carbonyl (C=O) groups is 2. The Labute approximate surface area is 361 Å². The third-order valence-electron chi connectivity index (χ3n) is 8.84. The van der Waals surface area contributed by atoms with Gasteiger partial charge in [-0.25, -0.2) is 4.57 Å². The predicted octanol–water partition coefficient (Wildman–Crippen LogP) is 10.8. The number of phosphoric acid groups is 1. The monoisotopic (exact) mass is 859 g/mol. The fourth-order valence-corrected chi connectivity index (χ4v) is 6.19. The molecule has 0 aromatic heterocycles. The fraction of sp³-hybridized carbons (Fsp3) is 0.583. The minimum absolute atomic E-state index is 0.100. The van der Waals surface area contributed by atoms with E-state index in [1.54, 1.807) is 0 Å². The molecule has 338 valence electrons. The molecule has 1 heterocycles. The van der Waals surface area contributed by atoms with E-state index in [0.717, 1.165) is 89.9 Å². The number of esters is 2. The van der Waals surface area contributed by atoms with Gasteiger partial charge in [0.05, 0.1) is 32.0 Å². The van der Waals surface area contributed by atoms with Crippen molar-refractivity contribution in [1.82, 2.24) is 0 Å². The molecule has 1 saturated heterocycles. The number of hydrogen-bond donors (Lipinski definition) is 3. The van der Waals surface area contributed by atoms with Gasteiger partial charge in [-0.05, 0) is 89.9 Å². The second kappa shape index (κ2) is 38.5. The Hall–Kier alpha value is -3.41. The summed E-state index contributed by atoms with van der Waals surface area (Å²) in [7, 11) is -4.65. The van der Waals surface area contributed by atoms with Crippen LogP contribution in [0.15, 0.2) is 109 Å². The van der Waals surface area contributed by atoms with Crippen LogP contribution in [0.2, 0.25) is 0 Å². The van der Waals surface area contributed by atoms with Gasteiger partial charge in [-0.15, -0.1) is 0 Å². The summed E-state index contributed by atoms with van der Waals surface area (Å²) in [5.41, 5.74) is 0. The molecule has 3 N–H and O–H groups in total. The van der Waals surface area contributed by atoms with E-state index in [-0.39, 0.29) is 19.4 Å². The van der Waals surface area contributed by atoms with Crippen molar-refractivity contribution in [2.24, 2.45) is 0 Å². The van der Waals surface area contributed by atoms with Crippen LogP contribution < -0.4 is 0 Å². The van der Waals surface area contributed by atoms with Crippen LogP contribution in [0.4, 0.5) is 0 Å². The average molecular weight is 859 g/mol. The minimum atomic E-state index is -4.65. The van der Waals surface area contributed by atoms with Gasteiger partial charge in [0.1, 0.15) is 12.7 Å². The smallest absolute Gasteiger partial charge is 0.462 e. The first-order chi connectivity index (χ1) is 29.2. The molecule has 0 bridgehead atoms. The molecule has 11 nitrogen and oxygen atoms in total. The maximum atomic E-state index is 12.6. The molecule has 1 rings (SSSR count). The van der Waals surface area contributed by atoms with E-state index >= 15 is 0 Å². The van der Waals surface area contributed by atoms with Crippen molar-refractivity contribution in [2.45, 2.75) is 154 Å². The number of aliphatic hydroxyl groups is 2. The number of hydrogen-bond acceptors (Lipinski definition) is 10. The number of rotatable bonds is 38. The lowest BCUT2D eigenvalue weighted by Crippen LogP contribution is -2.29. The lowest BCUT2D eigenvalue weighted by atomic mass is 10.1. The third kappa shape index (κ3) is 35.4. The highest BCUT2D eigenvalue weighted by atomic mass is 31.2. The van der Waals surface area contributed by atoms with Gasteiger partial charge in [-0.2, -0.15) is 0 Å². The van der Waals surface area contributed by atoms with Crippen LogP contribution >= 0.6 is 7.82 Å². The highest BCUT2D eigenvalue weighted by molar-refractivity contribution is 7.47. The molecule has 3 unspecified atom stereocenters. The summed E-state index contributed by atoms with van der Waals surface area (Å²) < 4.78 is 38.3. The van der Waals surface area contributed by atoms with E-state index in [1.807, 2.05) is 12.2 Å². The molecule has 0 saturated carbocycles. The van der Waals surface area contributed by atoms with Crippen LogP contribution in [0.25, 0.3) is 0 Å². The molecule has 60 heavy (non-hydrogen) atoms. The SMILES string of the molecule is CC/C=C\C/C=C\C/C=C\C/C=C\CCCCCCC(=O)O[C@H](COC(=O)CC/C=C\C/C=C\C/C=C\C/C=C\CC1OC1C/C=C\CC)COP(=O)(O)OC[C@@H](O)CO. The molecule has 1 aliphatic rings. The number of carbonyl (C=O) groups excluding carboxylic acids is 2. The maximum absolute atomic E-state index is 12.6. The second-order valence-electron chi connectivity index (χ2n) is 14.3. The Bertz CT molecular complexity index is 1420. The van der Waals surface area contributed by atoms with E-state index in [4.69, 9.17) is 23.8 Å². The number of ether oxygens (including phenoxy) is 3.